The Hall–Kier alpha value is -2.62. The quantitative estimate of drug-likeness (QED) is 0.509. The van der Waals surface area contributed by atoms with Gasteiger partial charge in [-0.25, -0.2) is 0 Å². The fourth-order valence-electron chi connectivity index (χ4n) is 6.55. The van der Waals surface area contributed by atoms with Gasteiger partial charge in [0.15, 0.2) is 0 Å². The number of nitrogens with zero attached hydrogens (tertiary/aromatic N) is 3. The molecule has 2 aromatic rings. The molecule has 0 saturated heterocycles. The van der Waals surface area contributed by atoms with Crippen molar-refractivity contribution in [3.63, 3.8) is 0 Å². The van der Waals surface area contributed by atoms with Crippen LogP contribution in [0.1, 0.15) is 61.6 Å². The van der Waals surface area contributed by atoms with E-state index in [-0.39, 0.29) is 5.41 Å². The van der Waals surface area contributed by atoms with Gasteiger partial charge in [0.05, 0.1) is 6.21 Å². The van der Waals surface area contributed by atoms with Crippen LogP contribution < -0.4 is 4.90 Å². The summed E-state index contributed by atoms with van der Waals surface area (Å²) in [6.07, 6.45) is 8.91. The van der Waals surface area contributed by atoms with Crippen LogP contribution in [0.3, 0.4) is 0 Å². The highest BCUT2D eigenvalue weighted by molar-refractivity contribution is 5.93. The first-order valence-electron chi connectivity index (χ1n) is 11.7. The molecule has 3 aliphatic rings. The minimum Gasteiger partial charge on any atom is -0.508 e. The number of aryl methyl sites for hydroxylation is 1. The first kappa shape index (κ1) is 20.3. The highest BCUT2D eigenvalue weighted by Crippen LogP contribution is 2.60. The van der Waals surface area contributed by atoms with E-state index in [0.717, 1.165) is 24.3 Å². The predicted molar refractivity (Wildman–Crippen MR) is 129 cm³/mol. The maximum absolute atomic E-state index is 9.88. The van der Waals surface area contributed by atoms with Crippen molar-refractivity contribution >= 4 is 17.6 Å². The van der Waals surface area contributed by atoms with E-state index in [1.54, 1.807) is 0 Å². The summed E-state index contributed by atoms with van der Waals surface area (Å²) >= 11 is 0. The summed E-state index contributed by atoms with van der Waals surface area (Å²) in [7, 11) is 4.10. The van der Waals surface area contributed by atoms with Crippen molar-refractivity contribution in [2.24, 2.45) is 27.5 Å². The van der Waals surface area contributed by atoms with Gasteiger partial charge in [-0.2, -0.15) is 10.2 Å². The summed E-state index contributed by atoms with van der Waals surface area (Å²) in [5.74, 6) is 2.47. The van der Waals surface area contributed by atoms with Gasteiger partial charge in [-0.05, 0) is 97.2 Å². The van der Waals surface area contributed by atoms with Gasteiger partial charge in [0.25, 0.3) is 0 Å². The van der Waals surface area contributed by atoms with Gasteiger partial charge in [0.2, 0.25) is 0 Å². The summed E-state index contributed by atoms with van der Waals surface area (Å²) in [5.41, 5.74) is 6.61. The summed E-state index contributed by atoms with van der Waals surface area (Å²) in [6.45, 7) is 2.44. The molecule has 3 aliphatic carbocycles. The van der Waals surface area contributed by atoms with E-state index in [9.17, 15) is 5.11 Å². The van der Waals surface area contributed by atoms with Crippen LogP contribution in [0.5, 0.6) is 5.75 Å². The van der Waals surface area contributed by atoms with E-state index in [4.69, 9.17) is 5.10 Å². The Morgan fingerprint density at radius 2 is 1.84 bits per heavy atom. The van der Waals surface area contributed by atoms with Crippen molar-refractivity contribution in [1.82, 2.24) is 0 Å². The summed E-state index contributed by atoms with van der Waals surface area (Å²) in [6, 6.07) is 14.5. The van der Waals surface area contributed by atoms with E-state index in [1.807, 2.05) is 18.3 Å². The molecular weight excluding hydrogens is 382 g/mol. The third kappa shape index (κ3) is 3.56. The molecule has 1 N–H and O–H groups in total. The molecule has 0 heterocycles. The van der Waals surface area contributed by atoms with Crippen molar-refractivity contribution in [3.05, 3.63) is 59.2 Å². The third-order valence-electron chi connectivity index (χ3n) is 8.25. The SMILES string of the molecule is CN(C)c1ccc(/C=N\N=C2\CC[C@H]3[C@H]4CCc5cc(O)ccc5[C@@H]4CC[C@]23C)cc1. The normalized spacial score (nSPS) is 30.8. The molecule has 0 radical (unpaired) electrons. The van der Waals surface area contributed by atoms with Gasteiger partial charge in [-0.1, -0.05) is 25.1 Å². The van der Waals surface area contributed by atoms with Gasteiger partial charge in [0.1, 0.15) is 5.75 Å². The molecule has 0 aromatic heterocycles. The number of hydrogen-bond acceptors (Lipinski definition) is 4. The van der Waals surface area contributed by atoms with Crippen LogP contribution in [-0.2, 0) is 6.42 Å². The van der Waals surface area contributed by atoms with Crippen molar-refractivity contribution in [2.75, 3.05) is 19.0 Å². The van der Waals surface area contributed by atoms with Crippen molar-refractivity contribution in [1.29, 1.82) is 0 Å². The maximum atomic E-state index is 9.88. The largest absolute Gasteiger partial charge is 0.508 e. The summed E-state index contributed by atoms with van der Waals surface area (Å²) in [4.78, 5) is 2.10. The lowest BCUT2D eigenvalue weighted by Gasteiger charge is -2.49. The molecule has 31 heavy (non-hydrogen) atoms. The number of benzene rings is 2. The Labute approximate surface area is 185 Å². The van der Waals surface area contributed by atoms with Gasteiger partial charge < -0.3 is 10.0 Å². The zero-order valence-corrected chi connectivity index (χ0v) is 18.9. The van der Waals surface area contributed by atoms with Crippen LogP contribution >= 0.6 is 0 Å². The van der Waals surface area contributed by atoms with Gasteiger partial charge in [0, 0.05) is 30.9 Å². The fraction of sp³-hybridized carbons (Fsp3) is 0.481. The zero-order chi connectivity index (χ0) is 21.6. The molecule has 4 nitrogen and oxygen atoms in total. The van der Waals surface area contributed by atoms with Crippen LogP contribution in [0.2, 0.25) is 0 Å². The topological polar surface area (TPSA) is 48.2 Å². The molecule has 2 fully saturated rings. The van der Waals surface area contributed by atoms with Gasteiger partial charge in [-0.3, -0.25) is 0 Å². The third-order valence-corrected chi connectivity index (χ3v) is 8.25. The van der Waals surface area contributed by atoms with Crippen LogP contribution in [0.25, 0.3) is 0 Å². The highest BCUT2D eigenvalue weighted by atomic mass is 16.3. The average Bonchev–Trinajstić information content (AvgIpc) is 3.10. The Balaban J connectivity index is 1.34. The molecule has 2 aromatic carbocycles. The van der Waals surface area contributed by atoms with E-state index < -0.39 is 0 Å². The highest BCUT2D eigenvalue weighted by Gasteiger charge is 2.53. The first-order chi connectivity index (χ1) is 15.0. The monoisotopic (exact) mass is 415 g/mol. The smallest absolute Gasteiger partial charge is 0.115 e. The van der Waals surface area contributed by atoms with Crippen LogP contribution in [0.15, 0.2) is 52.7 Å². The van der Waals surface area contributed by atoms with Crippen molar-refractivity contribution in [3.8, 4) is 5.75 Å². The number of aromatic hydroxyl groups is 1. The molecule has 0 unspecified atom stereocenters. The molecule has 0 aliphatic heterocycles. The zero-order valence-electron chi connectivity index (χ0n) is 18.9. The van der Waals surface area contributed by atoms with Crippen LogP contribution in [0.4, 0.5) is 5.69 Å². The molecule has 4 atom stereocenters. The van der Waals surface area contributed by atoms with Crippen molar-refractivity contribution in [2.45, 2.75) is 51.4 Å². The molecule has 4 heteroatoms. The molecule has 0 bridgehead atoms. The number of hydrogen-bond donors (Lipinski definition) is 1. The number of phenolic OH excluding ortho intramolecular Hbond substituents is 1. The van der Waals surface area contributed by atoms with Gasteiger partial charge >= 0.3 is 0 Å². The van der Waals surface area contributed by atoms with Crippen molar-refractivity contribution < 1.29 is 5.11 Å². The van der Waals surface area contributed by atoms with Crippen LogP contribution in [-0.4, -0.2) is 31.1 Å². The van der Waals surface area contributed by atoms with Crippen LogP contribution in [0, 0.1) is 17.3 Å². The second kappa shape index (κ2) is 7.81. The Morgan fingerprint density at radius 1 is 1.03 bits per heavy atom. The fourth-order valence-corrected chi connectivity index (χ4v) is 6.55. The molecule has 162 valence electrons. The second-order valence-electron chi connectivity index (χ2n) is 10.1. The van der Waals surface area contributed by atoms with E-state index in [0.29, 0.717) is 17.6 Å². The maximum Gasteiger partial charge on any atom is 0.115 e. The molecule has 2 saturated carbocycles. The standard InChI is InChI=1S/C27H33N3O/c1-27-15-14-23-22-11-9-21(31)16-19(22)6-10-24(23)25(27)12-13-26(27)29-28-17-18-4-7-20(8-5-18)30(2)3/h4-5,7-9,11,16-17,23-25,31H,6,10,12-15H2,1-3H3/b28-17-,29-26-/t23-,24-,25-,27-/m0/s1. The van der Waals surface area contributed by atoms with E-state index in [2.05, 4.69) is 61.4 Å². The lowest BCUT2D eigenvalue weighted by molar-refractivity contribution is 0.0955. The summed E-state index contributed by atoms with van der Waals surface area (Å²) in [5, 5.41) is 19.2. The molecule has 0 amide bonds. The summed E-state index contributed by atoms with van der Waals surface area (Å²) < 4.78 is 0. The number of rotatable bonds is 3. The lowest BCUT2D eigenvalue weighted by Crippen LogP contribution is -2.42. The molecule has 5 rings (SSSR count). The predicted octanol–water partition coefficient (Wildman–Crippen LogP) is 5.79. The Kier molecular flexibility index (Phi) is 5.11. The van der Waals surface area contributed by atoms with Gasteiger partial charge in [-0.15, -0.1) is 0 Å². The van der Waals surface area contributed by atoms with E-state index in [1.165, 1.54) is 48.2 Å². The number of phenols is 1. The average molecular weight is 416 g/mol. The first-order valence-corrected chi connectivity index (χ1v) is 11.7. The minimum absolute atomic E-state index is 0.182. The second-order valence-corrected chi connectivity index (χ2v) is 10.1. The lowest BCUT2D eigenvalue weighted by atomic mass is 9.55. The molecule has 0 spiro atoms. The molecular formula is C27H33N3O. The number of anilines is 1. The minimum atomic E-state index is 0.182. The number of fused-ring (bicyclic) bond motifs is 5. The van der Waals surface area contributed by atoms with E-state index >= 15 is 0 Å². The Bertz CT molecular complexity index is 1020. The Morgan fingerprint density at radius 3 is 2.61 bits per heavy atom.